The van der Waals surface area contributed by atoms with Gasteiger partial charge in [-0.3, -0.25) is 0 Å². The van der Waals surface area contributed by atoms with E-state index in [1.807, 2.05) is 6.07 Å². The summed E-state index contributed by atoms with van der Waals surface area (Å²) in [6.07, 6.45) is 9.39. The number of benzene rings is 1. The summed E-state index contributed by atoms with van der Waals surface area (Å²) in [5.74, 6) is 0.993. The molecule has 112 valence electrons. The van der Waals surface area contributed by atoms with Gasteiger partial charge in [-0.2, -0.15) is 0 Å². The van der Waals surface area contributed by atoms with Gasteiger partial charge in [0.2, 0.25) is 0 Å². The molecule has 0 aromatic heterocycles. The monoisotopic (exact) mass is 274 g/mol. The average Bonchev–Trinajstić information content (AvgIpc) is 2.47. The van der Waals surface area contributed by atoms with Gasteiger partial charge in [0.15, 0.2) is 0 Å². The molecule has 2 heteroatoms. The van der Waals surface area contributed by atoms with Crippen molar-refractivity contribution in [3.8, 4) is 0 Å². The fourth-order valence-corrected chi connectivity index (χ4v) is 3.46. The van der Waals surface area contributed by atoms with Gasteiger partial charge in [0.25, 0.3) is 0 Å². The smallest absolute Gasteiger partial charge is 0.0316 e. The molecular weight excluding hydrogens is 244 g/mol. The molecule has 1 aliphatic rings. The predicted octanol–water partition coefficient (Wildman–Crippen LogP) is 4.10. The lowest BCUT2D eigenvalue weighted by Gasteiger charge is -2.34. The first-order chi connectivity index (χ1) is 9.69. The Bertz CT molecular complexity index is 394. The van der Waals surface area contributed by atoms with E-state index < -0.39 is 0 Å². The van der Waals surface area contributed by atoms with E-state index >= 15 is 0 Å². The quantitative estimate of drug-likeness (QED) is 0.791. The summed E-state index contributed by atoms with van der Waals surface area (Å²) in [6, 6.07) is 9.12. The van der Waals surface area contributed by atoms with Gasteiger partial charge in [-0.15, -0.1) is 0 Å². The third kappa shape index (κ3) is 4.52. The highest BCUT2D eigenvalue weighted by molar-refractivity contribution is 5.40. The van der Waals surface area contributed by atoms with Crippen molar-refractivity contribution >= 4 is 5.69 Å². The summed E-state index contributed by atoms with van der Waals surface area (Å²) >= 11 is 0. The highest BCUT2D eigenvalue weighted by atomic mass is 15.1. The second kappa shape index (κ2) is 7.68. The van der Waals surface area contributed by atoms with Gasteiger partial charge in [-0.25, -0.2) is 0 Å². The summed E-state index contributed by atoms with van der Waals surface area (Å²) in [5, 5.41) is 0. The third-order valence-electron chi connectivity index (χ3n) is 4.94. The summed E-state index contributed by atoms with van der Waals surface area (Å²) in [7, 11) is 2.30. The standard InChI is InChI=1S/C18H30N2/c1-3-15-9-11-18(12-10-15)20(2)13-5-7-16-6-4-8-17(19)14-16/h4,6,8,14-15,18H,3,5,7,9-13,19H2,1-2H3. The summed E-state index contributed by atoms with van der Waals surface area (Å²) in [5.41, 5.74) is 8.07. The molecule has 1 saturated carbocycles. The van der Waals surface area contributed by atoms with E-state index in [0.717, 1.165) is 24.1 Å². The Morgan fingerprint density at radius 1 is 1.20 bits per heavy atom. The lowest BCUT2D eigenvalue weighted by Crippen LogP contribution is -2.35. The molecule has 0 heterocycles. The van der Waals surface area contributed by atoms with E-state index in [2.05, 4.69) is 37.1 Å². The van der Waals surface area contributed by atoms with Crippen LogP contribution in [-0.4, -0.2) is 24.5 Å². The zero-order valence-corrected chi connectivity index (χ0v) is 13.1. The lowest BCUT2D eigenvalue weighted by molar-refractivity contribution is 0.162. The number of nitrogen functional groups attached to an aromatic ring is 1. The van der Waals surface area contributed by atoms with Crippen molar-refractivity contribution in [2.24, 2.45) is 5.92 Å². The second-order valence-corrected chi connectivity index (χ2v) is 6.41. The number of aryl methyl sites for hydroxylation is 1. The van der Waals surface area contributed by atoms with Gasteiger partial charge in [-0.05, 0) is 75.7 Å². The van der Waals surface area contributed by atoms with Gasteiger partial charge in [0, 0.05) is 11.7 Å². The van der Waals surface area contributed by atoms with Crippen molar-refractivity contribution in [2.45, 2.75) is 57.9 Å². The van der Waals surface area contributed by atoms with Crippen LogP contribution in [0.15, 0.2) is 24.3 Å². The average molecular weight is 274 g/mol. The summed E-state index contributed by atoms with van der Waals surface area (Å²) < 4.78 is 0. The predicted molar refractivity (Wildman–Crippen MR) is 87.8 cm³/mol. The Balaban J connectivity index is 1.69. The van der Waals surface area contributed by atoms with Crippen molar-refractivity contribution in [3.05, 3.63) is 29.8 Å². The molecule has 2 N–H and O–H groups in total. The van der Waals surface area contributed by atoms with Gasteiger partial charge in [-0.1, -0.05) is 25.5 Å². The minimum absolute atomic E-state index is 0.818. The minimum Gasteiger partial charge on any atom is -0.399 e. The summed E-state index contributed by atoms with van der Waals surface area (Å²) in [4.78, 5) is 2.58. The van der Waals surface area contributed by atoms with E-state index in [-0.39, 0.29) is 0 Å². The maximum Gasteiger partial charge on any atom is 0.0316 e. The molecule has 0 radical (unpaired) electrons. The van der Waals surface area contributed by atoms with Crippen LogP contribution in [0.3, 0.4) is 0 Å². The third-order valence-corrected chi connectivity index (χ3v) is 4.94. The number of anilines is 1. The van der Waals surface area contributed by atoms with Crippen molar-refractivity contribution in [1.82, 2.24) is 4.90 Å². The Morgan fingerprint density at radius 3 is 2.60 bits per heavy atom. The van der Waals surface area contributed by atoms with Crippen LogP contribution in [0, 0.1) is 5.92 Å². The molecule has 1 aromatic rings. The first kappa shape index (κ1) is 15.4. The highest BCUT2D eigenvalue weighted by Crippen LogP contribution is 2.29. The van der Waals surface area contributed by atoms with E-state index in [9.17, 15) is 0 Å². The van der Waals surface area contributed by atoms with Crippen molar-refractivity contribution in [2.75, 3.05) is 19.3 Å². The number of hydrogen-bond acceptors (Lipinski definition) is 2. The Hall–Kier alpha value is -1.02. The minimum atomic E-state index is 0.818. The van der Waals surface area contributed by atoms with Crippen LogP contribution in [0.2, 0.25) is 0 Å². The topological polar surface area (TPSA) is 29.3 Å². The largest absolute Gasteiger partial charge is 0.399 e. The van der Waals surface area contributed by atoms with Crippen LogP contribution in [0.1, 0.15) is 51.0 Å². The van der Waals surface area contributed by atoms with Gasteiger partial charge < -0.3 is 10.6 Å². The van der Waals surface area contributed by atoms with Crippen molar-refractivity contribution in [3.63, 3.8) is 0 Å². The van der Waals surface area contributed by atoms with Gasteiger partial charge in [0.05, 0.1) is 0 Å². The normalized spacial score (nSPS) is 23.1. The molecule has 0 unspecified atom stereocenters. The Labute approximate surface area is 124 Å². The number of rotatable bonds is 6. The molecule has 1 fully saturated rings. The SMILES string of the molecule is CCC1CCC(N(C)CCCc2cccc(N)c2)CC1. The molecule has 0 atom stereocenters. The maximum atomic E-state index is 5.82. The molecule has 0 bridgehead atoms. The molecule has 0 spiro atoms. The molecule has 1 aliphatic carbocycles. The first-order valence-electron chi connectivity index (χ1n) is 8.23. The van der Waals surface area contributed by atoms with Crippen LogP contribution >= 0.6 is 0 Å². The zero-order chi connectivity index (χ0) is 14.4. The molecule has 0 aliphatic heterocycles. The van der Waals surface area contributed by atoms with E-state index in [4.69, 9.17) is 5.73 Å². The summed E-state index contributed by atoms with van der Waals surface area (Å²) in [6.45, 7) is 3.54. The maximum absolute atomic E-state index is 5.82. The molecular formula is C18H30N2. The molecule has 0 saturated heterocycles. The lowest BCUT2D eigenvalue weighted by atomic mass is 9.84. The van der Waals surface area contributed by atoms with Gasteiger partial charge in [0.1, 0.15) is 0 Å². The van der Waals surface area contributed by atoms with E-state index in [1.165, 1.54) is 50.6 Å². The number of nitrogens with zero attached hydrogens (tertiary/aromatic N) is 1. The van der Waals surface area contributed by atoms with Crippen LogP contribution in [0.5, 0.6) is 0 Å². The molecule has 20 heavy (non-hydrogen) atoms. The first-order valence-corrected chi connectivity index (χ1v) is 8.23. The Morgan fingerprint density at radius 2 is 1.95 bits per heavy atom. The number of hydrogen-bond donors (Lipinski definition) is 1. The van der Waals surface area contributed by atoms with E-state index in [1.54, 1.807) is 0 Å². The number of nitrogens with two attached hydrogens (primary N) is 1. The molecule has 1 aromatic carbocycles. The van der Waals surface area contributed by atoms with Crippen molar-refractivity contribution in [1.29, 1.82) is 0 Å². The zero-order valence-electron chi connectivity index (χ0n) is 13.1. The Kier molecular flexibility index (Phi) is 5.90. The molecule has 2 nitrogen and oxygen atoms in total. The highest BCUT2D eigenvalue weighted by Gasteiger charge is 2.22. The van der Waals surface area contributed by atoms with Crippen LogP contribution < -0.4 is 5.73 Å². The van der Waals surface area contributed by atoms with Crippen molar-refractivity contribution < 1.29 is 0 Å². The van der Waals surface area contributed by atoms with Crippen LogP contribution in [0.25, 0.3) is 0 Å². The fraction of sp³-hybridized carbons (Fsp3) is 0.667. The van der Waals surface area contributed by atoms with Crippen LogP contribution in [-0.2, 0) is 6.42 Å². The molecule has 2 rings (SSSR count). The molecule has 0 amide bonds. The van der Waals surface area contributed by atoms with Gasteiger partial charge >= 0.3 is 0 Å². The second-order valence-electron chi connectivity index (χ2n) is 6.41. The van der Waals surface area contributed by atoms with E-state index in [0.29, 0.717) is 0 Å². The fourth-order valence-electron chi connectivity index (χ4n) is 3.46. The van der Waals surface area contributed by atoms with Crippen LogP contribution in [0.4, 0.5) is 5.69 Å².